The van der Waals surface area contributed by atoms with E-state index in [2.05, 4.69) is 0 Å². The van der Waals surface area contributed by atoms with Gasteiger partial charge in [-0.25, -0.2) is 4.79 Å². The summed E-state index contributed by atoms with van der Waals surface area (Å²) in [5, 5.41) is 8.63. The molecule has 86 valence electrons. The molecule has 0 atom stereocenters. The molecule has 0 bridgehead atoms. The number of amides is 1. The minimum absolute atomic E-state index is 0.0807. The molecule has 0 rings (SSSR count). The van der Waals surface area contributed by atoms with Gasteiger partial charge in [-0.1, -0.05) is 13.8 Å². The first-order valence-corrected chi connectivity index (χ1v) is 5.23. The molecule has 0 fully saturated rings. The molecule has 0 aliphatic carbocycles. The highest BCUT2D eigenvalue weighted by Crippen LogP contribution is 2.00. The maximum atomic E-state index is 11.6. The van der Waals surface area contributed by atoms with Crippen LogP contribution in [0.3, 0.4) is 0 Å². The van der Waals surface area contributed by atoms with Crippen LogP contribution < -0.4 is 0 Å². The van der Waals surface area contributed by atoms with Crippen molar-refractivity contribution in [2.45, 2.75) is 33.6 Å². The summed E-state index contributed by atoms with van der Waals surface area (Å²) in [5.74, 6) is -1.25. The third-order valence-electron chi connectivity index (χ3n) is 1.98. The largest absolute Gasteiger partial charge is 0.478 e. The minimum Gasteiger partial charge on any atom is -0.478 e. The van der Waals surface area contributed by atoms with Crippen molar-refractivity contribution in [3.05, 3.63) is 11.6 Å². The van der Waals surface area contributed by atoms with Crippen LogP contribution in [0.15, 0.2) is 11.6 Å². The Labute approximate surface area is 90.6 Å². The van der Waals surface area contributed by atoms with Crippen LogP contribution in [-0.4, -0.2) is 35.0 Å². The van der Waals surface area contributed by atoms with Gasteiger partial charge in [0.25, 0.3) is 0 Å². The van der Waals surface area contributed by atoms with E-state index in [-0.39, 0.29) is 11.5 Å². The van der Waals surface area contributed by atoms with Gasteiger partial charge < -0.3 is 10.0 Å². The van der Waals surface area contributed by atoms with Gasteiger partial charge in [0.15, 0.2) is 0 Å². The summed E-state index contributed by atoms with van der Waals surface area (Å²) in [4.78, 5) is 23.8. The van der Waals surface area contributed by atoms with Crippen LogP contribution in [0.5, 0.6) is 0 Å². The lowest BCUT2D eigenvalue weighted by atomic mass is 10.2. The number of rotatable bonds is 6. The first kappa shape index (κ1) is 13.7. The molecule has 0 aliphatic rings. The zero-order valence-electron chi connectivity index (χ0n) is 9.62. The molecule has 1 N–H and O–H groups in total. The topological polar surface area (TPSA) is 57.6 Å². The molecule has 0 aliphatic heterocycles. The van der Waals surface area contributed by atoms with E-state index >= 15 is 0 Å². The summed E-state index contributed by atoms with van der Waals surface area (Å²) in [6.45, 7) is 6.76. The smallest absolute Gasteiger partial charge is 0.331 e. The molecule has 0 heterocycles. The van der Waals surface area contributed by atoms with E-state index in [1.807, 2.05) is 13.8 Å². The Balaban J connectivity index is 4.49. The lowest BCUT2D eigenvalue weighted by molar-refractivity contribution is -0.133. The van der Waals surface area contributed by atoms with E-state index in [0.717, 1.165) is 12.8 Å². The Morgan fingerprint density at radius 2 is 1.67 bits per heavy atom. The maximum absolute atomic E-state index is 11.6. The van der Waals surface area contributed by atoms with Gasteiger partial charge in [-0.15, -0.1) is 0 Å². The highest BCUT2D eigenvalue weighted by Gasteiger charge is 2.11. The van der Waals surface area contributed by atoms with Gasteiger partial charge in [0.1, 0.15) is 0 Å². The van der Waals surface area contributed by atoms with Crippen molar-refractivity contribution in [1.82, 2.24) is 4.90 Å². The van der Waals surface area contributed by atoms with Crippen molar-refractivity contribution in [1.29, 1.82) is 0 Å². The van der Waals surface area contributed by atoms with Crippen LogP contribution >= 0.6 is 0 Å². The fraction of sp³-hybridized carbons (Fsp3) is 0.636. The van der Waals surface area contributed by atoms with Crippen molar-refractivity contribution < 1.29 is 14.7 Å². The summed E-state index contributed by atoms with van der Waals surface area (Å²) in [6.07, 6.45) is 2.95. The van der Waals surface area contributed by atoms with Gasteiger partial charge >= 0.3 is 5.97 Å². The first-order chi connectivity index (χ1) is 7.02. The highest BCUT2D eigenvalue weighted by molar-refractivity contribution is 5.97. The summed E-state index contributed by atoms with van der Waals surface area (Å²) in [7, 11) is 0. The van der Waals surface area contributed by atoms with Crippen molar-refractivity contribution >= 4 is 11.9 Å². The second kappa shape index (κ2) is 7.04. The van der Waals surface area contributed by atoms with E-state index in [1.54, 1.807) is 4.90 Å². The number of carbonyl (C=O) groups excluding carboxylic acids is 1. The predicted octanol–water partition coefficient (Wildman–Crippen LogP) is 1.67. The second-order valence-electron chi connectivity index (χ2n) is 3.46. The lowest BCUT2D eigenvalue weighted by Crippen LogP contribution is -2.31. The zero-order chi connectivity index (χ0) is 11.8. The monoisotopic (exact) mass is 213 g/mol. The van der Waals surface area contributed by atoms with Gasteiger partial charge in [0.2, 0.25) is 5.91 Å². The molecule has 15 heavy (non-hydrogen) atoms. The molecule has 4 heteroatoms. The molecule has 0 aromatic heterocycles. The number of carboxylic acid groups (broad SMARTS) is 1. The number of aliphatic carboxylic acids is 1. The third kappa shape index (κ3) is 5.20. The average molecular weight is 213 g/mol. The van der Waals surface area contributed by atoms with Crippen molar-refractivity contribution in [3.63, 3.8) is 0 Å². The number of hydrogen-bond donors (Lipinski definition) is 1. The van der Waals surface area contributed by atoms with E-state index in [4.69, 9.17) is 5.11 Å². The third-order valence-corrected chi connectivity index (χ3v) is 1.98. The quantitative estimate of drug-likeness (QED) is 0.683. The molecular formula is C11H19NO3. The zero-order valence-corrected chi connectivity index (χ0v) is 9.62. The van der Waals surface area contributed by atoms with E-state index < -0.39 is 5.97 Å². The van der Waals surface area contributed by atoms with E-state index in [9.17, 15) is 9.59 Å². The van der Waals surface area contributed by atoms with Gasteiger partial charge in [-0.05, 0) is 19.8 Å². The standard InChI is InChI=1S/C11H19NO3/c1-4-6-12(7-5-2)10(13)8-9(3)11(14)15/h8H,4-7H2,1-3H3,(H,14,15)/b9-8+. The minimum atomic E-state index is -1.05. The highest BCUT2D eigenvalue weighted by atomic mass is 16.4. The van der Waals surface area contributed by atoms with Gasteiger partial charge in [-0.3, -0.25) is 4.79 Å². The number of carboxylic acids is 1. The van der Waals surface area contributed by atoms with Crippen LogP contribution in [0, 0.1) is 0 Å². The predicted molar refractivity (Wildman–Crippen MR) is 58.6 cm³/mol. The van der Waals surface area contributed by atoms with E-state index in [0.29, 0.717) is 13.1 Å². The Morgan fingerprint density at radius 3 is 2.00 bits per heavy atom. The lowest BCUT2D eigenvalue weighted by Gasteiger charge is -2.19. The Kier molecular flexibility index (Phi) is 6.42. The van der Waals surface area contributed by atoms with Crippen LogP contribution in [0.2, 0.25) is 0 Å². The van der Waals surface area contributed by atoms with Crippen LogP contribution in [-0.2, 0) is 9.59 Å². The molecule has 0 spiro atoms. The van der Waals surface area contributed by atoms with Gasteiger partial charge in [0.05, 0.1) is 0 Å². The van der Waals surface area contributed by atoms with Crippen LogP contribution in [0.1, 0.15) is 33.6 Å². The Hall–Kier alpha value is -1.32. The Bertz CT molecular complexity index is 253. The number of hydrogen-bond acceptors (Lipinski definition) is 2. The van der Waals surface area contributed by atoms with Crippen LogP contribution in [0.25, 0.3) is 0 Å². The average Bonchev–Trinajstić information content (AvgIpc) is 2.17. The van der Waals surface area contributed by atoms with E-state index in [1.165, 1.54) is 13.0 Å². The fourth-order valence-electron chi connectivity index (χ4n) is 1.21. The van der Waals surface area contributed by atoms with Crippen LogP contribution in [0.4, 0.5) is 0 Å². The van der Waals surface area contributed by atoms with Crippen molar-refractivity contribution in [2.24, 2.45) is 0 Å². The molecule has 0 unspecified atom stereocenters. The molecule has 0 aromatic rings. The SMILES string of the molecule is CCCN(CCC)C(=O)/C=C(\C)C(=O)O. The Morgan fingerprint density at radius 1 is 1.20 bits per heavy atom. The van der Waals surface area contributed by atoms with Crippen molar-refractivity contribution in [3.8, 4) is 0 Å². The number of nitrogens with zero attached hydrogens (tertiary/aromatic N) is 1. The molecule has 0 radical (unpaired) electrons. The molecule has 0 aromatic carbocycles. The summed E-state index contributed by atoms with van der Waals surface area (Å²) < 4.78 is 0. The molecule has 4 nitrogen and oxygen atoms in total. The maximum Gasteiger partial charge on any atom is 0.331 e. The molecule has 1 amide bonds. The molecule has 0 saturated carbocycles. The number of carbonyl (C=O) groups is 2. The normalized spacial score (nSPS) is 11.3. The summed E-state index contributed by atoms with van der Waals surface area (Å²) >= 11 is 0. The fourth-order valence-corrected chi connectivity index (χ4v) is 1.21. The van der Waals surface area contributed by atoms with Gasteiger partial charge in [-0.2, -0.15) is 0 Å². The molecule has 0 saturated heterocycles. The first-order valence-electron chi connectivity index (χ1n) is 5.23. The van der Waals surface area contributed by atoms with Gasteiger partial charge in [0, 0.05) is 24.7 Å². The van der Waals surface area contributed by atoms with Crippen molar-refractivity contribution in [2.75, 3.05) is 13.1 Å². The molecular weight excluding hydrogens is 194 g/mol. The second-order valence-corrected chi connectivity index (χ2v) is 3.46. The summed E-state index contributed by atoms with van der Waals surface area (Å²) in [5.41, 5.74) is 0.0807. The summed E-state index contributed by atoms with van der Waals surface area (Å²) in [6, 6.07) is 0.